The van der Waals surface area contributed by atoms with E-state index in [2.05, 4.69) is 4.98 Å². The monoisotopic (exact) mass is 467 g/mol. The zero-order valence-corrected chi connectivity index (χ0v) is 16.2. The van der Waals surface area contributed by atoms with E-state index >= 15 is 0 Å². The topological polar surface area (TPSA) is 57.7 Å². The molecule has 0 radical (unpaired) electrons. The maximum absolute atomic E-state index is 14.6. The Morgan fingerprint density at radius 2 is 1.88 bits per heavy atom. The van der Waals surface area contributed by atoms with Gasteiger partial charge in [0.2, 0.25) is 0 Å². The predicted octanol–water partition coefficient (Wildman–Crippen LogP) is 4.35. The fourth-order valence-corrected chi connectivity index (χ4v) is 2.88. The lowest BCUT2D eigenvalue weighted by Gasteiger charge is -2.12. The van der Waals surface area contributed by atoms with E-state index in [0.717, 1.165) is 11.3 Å². The third-order valence-corrected chi connectivity index (χ3v) is 4.61. The first-order valence-electron chi connectivity index (χ1n) is 7.66. The third-order valence-electron chi connectivity index (χ3n) is 3.78. The van der Waals surface area contributed by atoms with Crippen LogP contribution in [0.25, 0.3) is 10.9 Å². The molecule has 2 aromatic carbocycles. The van der Waals surface area contributed by atoms with Gasteiger partial charge in [0.05, 0.1) is 25.1 Å². The van der Waals surface area contributed by atoms with Gasteiger partial charge in [0.15, 0.2) is 5.69 Å². The zero-order valence-electron chi connectivity index (χ0n) is 14.1. The molecular formula is C19H15FINO4. The Labute approximate surface area is 163 Å². The van der Waals surface area contributed by atoms with E-state index in [0.29, 0.717) is 9.09 Å². The molecule has 1 heterocycles. The second kappa shape index (κ2) is 7.86. The lowest BCUT2D eigenvalue weighted by Crippen LogP contribution is -2.07. The summed E-state index contributed by atoms with van der Waals surface area (Å²) < 4.78 is 30.7. The second-order valence-electron chi connectivity index (χ2n) is 5.39. The number of hydrogen-bond acceptors (Lipinski definition) is 5. The van der Waals surface area contributed by atoms with Gasteiger partial charge >= 0.3 is 5.97 Å². The number of rotatable bonds is 5. The molecule has 0 fully saturated rings. The molecule has 0 bridgehead atoms. The van der Waals surface area contributed by atoms with E-state index in [4.69, 9.17) is 14.2 Å². The van der Waals surface area contributed by atoms with E-state index in [-0.39, 0.29) is 23.4 Å². The van der Waals surface area contributed by atoms with E-state index in [1.807, 2.05) is 46.9 Å². The van der Waals surface area contributed by atoms with Crippen molar-refractivity contribution in [3.05, 3.63) is 63.1 Å². The smallest absolute Gasteiger partial charge is 0.356 e. The molecule has 0 unspecified atom stereocenters. The van der Waals surface area contributed by atoms with Crippen molar-refractivity contribution in [1.29, 1.82) is 0 Å². The molecule has 0 saturated carbocycles. The minimum atomic E-state index is -0.611. The quantitative estimate of drug-likeness (QED) is 0.413. The van der Waals surface area contributed by atoms with Crippen LogP contribution in [0.15, 0.2) is 42.5 Å². The van der Waals surface area contributed by atoms with Crippen LogP contribution in [-0.2, 0) is 11.3 Å². The summed E-state index contributed by atoms with van der Waals surface area (Å²) in [4.78, 5) is 16.0. The van der Waals surface area contributed by atoms with Crippen molar-refractivity contribution < 1.29 is 23.4 Å². The van der Waals surface area contributed by atoms with Crippen LogP contribution in [0, 0.1) is 9.39 Å². The molecule has 0 spiro atoms. The van der Waals surface area contributed by atoms with Crippen molar-refractivity contribution in [2.24, 2.45) is 0 Å². The number of pyridine rings is 1. The molecule has 0 amide bonds. The van der Waals surface area contributed by atoms with Crippen LogP contribution in [0.5, 0.6) is 11.5 Å². The average Bonchev–Trinajstić information content (AvgIpc) is 2.68. The number of nitrogens with zero attached hydrogens (tertiary/aromatic N) is 1. The highest BCUT2D eigenvalue weighted by atomic mass is 127. The SMILES string of the molecule is COC(=O)c1cc(OCc2ccc(OC)cc2)c2c(F)c(I)ccc2n1. The van der Waals surface area contributed by atoms with Crippen LogP contribution in [0.3, 0.4) is 0 Å². The molecule has 1 aromatic heterocycles. The number of hydrogen-bond donors (Lipinski definition) is 0. The van der Waals surface area contributed by atoms with Gasteiger partial charge in [-0.1, -0.05) is 12.1 Å². The van der Waals surface area contributed by atoms with Gasteiger partial charge in [0, 0.05) is 9.64 Å². The van der Waals surface area contributed by atoms with Crippen molar-refractivity contribution in [3.8, 4) is 11.5 Å². The predicted molar refractivity (Wildman–Crippen MR) is 103 cm³/mol. The van der Waals surface area contributed by atoms with Gasteiger partial charge in [-0.05, 0) is 52.4 Å². The summed E-state index contributed by atoms with van der Waals surface area (Å²) in [6.07, 6.45) is 0. The summed E-state index contributed by atoms with van der Waals surface area (Å²) >= 11 is 1.90. The van der Waals surface area contributed by atoms with Crippen LogP contribution in [0.1, 0.15) is 16.1 Å². The average molecular weight is 467 g/mol. The first-order valence-corrected chi connectivity index (χ1v) is 8.74. The maximum Gasteiger partial charge on any atom is 0.356 e. The van der Waals surface area contributed by atoms with Crippen molar-refractivity contribution >= 4 is 39.5 Å². The second-order valence-corrected chi connectivity index (χ2v) is 6.55. The van der Waals surface area contributed by atoms with Gasteiger partial charge in [0.1, 0.15) is 23.9 Å². The standard InChI is InChI=1S/C19H15FINO4/c1-24-12-5-3-11(4-6-12)10-26-16-9-15(19(23)25-2)22-14-8-7-13(21)18(20)17(14)16/h3-9H,10H2,1-2H3. The molecule has 0 N–H and O–H groups in total. The third kappa shape index (κ3) is 3.72. The Morgan fingerprint density at radius 3 is 2.54 bits per heavy atom. The van der Waals surface area contributed by atoms with Gasteiger partial charge in [-0.3, -0.25) is 0 Å². The van der Waals surface area contributed by atoms with Crippen LogP contribution in [-0.4, -0.2) is 25.2 Å². The number of carbonyl (C=O) groups excluding carboxylic acids is 1. The molecule has 0 saturated heterocycles. The Balaban J connectivity index is 2.00. The number of esters is 1. The first-order chi connectivity index (χ1) is 12.5. The van der Waals surface area contributed by atoms with Crippen LogP contribution in [0.2, 0.25) is 0 Å². The summed E-state index contributed by atoms with van der Waals surface area (Å²) in [5.74, 6) is -0.0733. The highest BCUT2D eigenvalue weighted by molar-refractivity contribution is 14.1. The highest BCUT2D eigenvalue weighted by Gasteiger charge is 2.18. The molecule has 3 rings (SSSR count). The van der Waals surface area contributed by atoms with Gasteiger partial charge < -0.3 is 14.2 Å². The van der Waals surface area contributed by atoms with Crippen molar-refractivity contribution in [3.63, 3.8) is 0 Å². The van der Waals surface area contributed by atoms with Gasteiger partial charge in [0.25, 0.3) is 0 Å². The van der Waals surface area contributed by atoms with Gasteiger partial charge in [-0.25, -0.2) is 14.2 Å². The molecule has 0 aliphatic heterocycles. The fourth-order valence-electron chi connectivity index (χ4n) is 2.43. The molecule has 3 aromatic rings. The number of aromatic nitrogens is 1. The Morgan fingerprint density at radius 1 is 1.15 bits per heavy atom. The summed E-state index contributed by atoms with van der Waals surface area (Å²) in [5, 5.41) is 0.234. The van der Waals surface area contributed by atoms with E-state index < -0.39 is 11.8 Å². The van der Waals surface area contributed by atoms with Crippen LogP contribution >= 0.6 is 22.6 Å². The molecule has 7 heteroatoms. The fraction of sp³-hybridized carbons (Fsp3) is 0.158. The Hall–Kier alpha value is -2.42. The van der Waals surface area contributed by atoms with E-state index in [1.165, 1.54) is 13.2 Å². The number of benzene rings is 2. The summed E-state index contributed by atoms with van der Waals surface area (Å²) in [5.41, 5.74) is 1.27. The molecule has 0 atom stereocenters. The largest absolute Gasteiger partial charge is 0.497 e. The van der Waals surface area contributed by atoms with Gasteiger partial charge in [-0.15, -0.1) is 0 Å². The van der Waals surface area contributed by atoms with E-state index in [1.54, 1.807) is 19.2 Å². The van der Waals surface area contributed by atoms with Crippen LogP contribution < -0.4 is 9.47 Å². The van der Waals surface area contributed by atoms with Crippen LogP contribution in [0.4, 0.5) is 4.39 Å². The van der Waals surface area contributed by atoms with E-state index in [9.17, 15) is 9.18 Å². The summed E-state index contributed by atoms with van der Waals surface area (Å²) in [7, 11) is 2.86. The highest BCUT2D eigenvalue weighted by Crippen LogP contribution is 2.31. The normalized spacial score (nSPS) is 10.6. The lowest BCUT2D eigenvalue weighted by molar-refractivity contribution is 0.0594. The first kappa shape index (κ1) is 18.4. The molecule has 5 nitrogen and oxygen atoms in total. The Kier molecular flexibility index (Phi) is 5.55. The molecular weight excluding hydrogens is 452 g/mol. The van der Waals surface area contributed by atoms with Crippen molar-refractivity contribution in [1.82, 2.24) is 4.98 Å². The minimum Gasteiger partial charge on any atom is -0.497 e. The zero-order chi connectivity index (χ0) is 18.7. The lowest BCUT2D eigenvalue weighted by atomic mass is 10.1. The number of methoxy groups -OCH3 is 2. The molecule has 0 aliphatic rings. The summed E-state index contributed by atoms with van der Waals surface area (Å²) in [6.45, 7) is 0.203. The molecule has 0 aliphatic carbocycles. The Bertz CT molecular complexity index is 960. The molecule has 134 valence electrons. The molecule has 26 heavy (non-hydrogen) atoms. The number of carbonyl (C=O) groups is 1. The number of fused-ring (bicyclic) bond motifs is 1. The maximum atomic E-state index is 14.6. The summed E-state index contributed by atoms with van der Waals surface area (Å²) in [6, 6.07) is 12.0. The minimum absolute atomic E-state index is 0.0605. The number of halogens is 2. The van der Waals surface area contributed by atoms with Crippen molar-refractivity contribution in [2.45, 2.75) is 6.61 Å². The van der Waals surface area contributed by atoms with Crippen molar-refractivity contribution in [2.75, 3.05) is 14.2 Å². The van der Waals surface area contributed by atoms with Gasteiger partial charge in [-0.2, -0.15) is 0 Å². The number of ether oxygens (including phenoxy) is 3.